The van der Waals surface area contributed by atoms with Crippen LogP contribution in [0.4, 0.5) is 0 Å². The van der Waals surface area contributed by atoms with Gasteiger partial charge in [-0.25, -0.2) is 0 Å². The van der Waals surface area contributed by atoms with Crippen molar-refractivity contribution in [1.82, 2.24) is 5.32 Å². The maximum atomic E-state index is 12.2. The Hall–Kier alpha value is -1.36. The van der Waals surface area contributed by atoms with Crippen LogP contribution in [0.5, 0.6) is 0 Å². The Labute approximate surface area is 123 Å². The lowest BCUT2D eigenvalue weighted by atomic mass is 10.0. The molecule has 2 atom stereocenters. The van der Waals surface area contributed by atoms with Crippen LogP contribution < -0.4 is 5.32 Å². The predicted octanol–water partition coefficient (Wildman–Crippen LogP) is 2.99. The molecular weight excluding hydrogens is 274 g/mol. The van der Waals surface area contributed by atoms with Gasteiger partial charge >= 0.3 is 5.97 Å². The highest BCUT2D eigenvalue weighted by Crippen LogP contribution is 2.27. The minimum absolute atomic E-state index is 0.126. The quantitative estimate of drug-likeness (QED) is 0.877. The zero-order valence-electron chi connectivity index (χ0n) is 11.9. The number of carbonyl (C=O) groups is 2. The fourth-order valence-electron chi connectivity index (χ4n) is 2.82. The molecule has 2 rings (SSSR count). The molecule has 0 aromatic carbocycles. The van der Waals surface area contributed by atoms with Crippen LogP contribution in [0.3, 0.4) is 0 Å². The summed E-state index contributed by atoms with van der Waals surface area (Å²) >= 11 is 1.50. The highest BCUT2D eigenvalue weighted by Gasteiger charge is 2.34. The molecule has 1 aliphatic carbocycles. The molecule has 110 valence electrons. The van der Waals surface area contributed by atoms with Crippen molar-refractivity contribution in [2.75, 3.05) is 0 Å². The molecule has 4 nitrogen and oxygen atoms in total. The van der Waals surface area contributed by atoms with Crippen molar-refractivity contribution in [3.05, 3.63) is 21.4 Å². The number of aliphatic carboxylic acids is 1. The summed E-state index contributed by atoms with van der Waals surface area (Å²) < 4.78 is 0. The Kier molecular flexibility index (Phi) is 4.81. The monoisotopic (exact) mass is 295 g/mol. The first-order valence-electron chi connectivity index (χ1n) is 7.16. The molecule has 2 unspecified atom stereocenters. The van der Waals surface area contributed by atoms with E-state index in [9.17, 15) is 9.59 Å². The third-order valence-corrected chi connectivity index (χ3v) is 5.00. The number of aryl methyl sites for hydroxylation is 2. The maximum absolute atomic E-state index is 12.2. The van der Waals surface area contributed by atoms with Gasteiger partial charge in [0.25, 0.3) is 5.91 Å². The van der Waals surface area contributed by atoms with Crippen molar-refractivity contribution in [2.45, 2.75) is 52.0 Å². The van der Waals surface area contributed by atoms with Gasteiger partial charge < -0.3 is 10.4 Å². The zero-order valence-corrected chi connectivity index (χ0v) is 12.8. The normalized spacial score (nSPS) is 21.9. The average molecular weight is 295 g/mol. The molecule has 2 N–H and O–H groups in total. The molecule has 5 heteroatoms. The standard InChI is InChI=1S/C15H21NO3S/c1-3-5-10-8-13(20-9(10)2)14(17)16-12-7-4-6-11(12)15(18)19/h8,11-12H,3-7H2,1-2H3,(H,16,17)(H,18,19). The van der Waals surface area contributed by atoms with E-state index in [1.807, 2.05) is 13.0 Å². The van der Waals surface area contributed by atoms with Gasteiger partial charge in [0.05, 0.1) is 10.8 Å². The summed E-state index contributed by atoms with van der Waals surface area (Å²) in [5.41, 5.74) is 1.23. The van der Waals surface area contributed by atoms with Crippen molar-refractivity contribution in [3.8, 4) is 0 Å². The molecule has 1 aromatic rings. The number of rotatable bonds is 5. The highest BCUT2D eigenvalue weighted by atomic mass is 32.1. The first kappa shape index (κ1) is 15.0. The number of carboxylic acid groups (broad SMARTS) is 1. The SMILES string of the molecule is CCCc1cc(C(=O)NC2CCCC2C(=O)O)sc1C. The summed E-state index contributed by atoms with van der Waals surface area (Å²) in [4.78, 5) is 25.2. The van der Waals surface area contributed by atoms with E-state index in [-0.39, 0.29) is 11.9 Å². The molecule has 1 amide bonds. The van der Waals surface area contributed by atoms with Crippen LogP contribution >= 0.6 is 11.3 Å². The smallest absolute Gasteiger partial charge is 0.308 e. The van der Waals surface area contributed by atoms with Crippen molar-refractivity contribution < 1.29 is 14.7 Å². The summed E-state index contributed by atoms with van der Waals surface area (Å²) in [7, 11) is 0. The number of nitrogens with one attached hydrogen (secondary N) is 1. The van der Waals surface area contributed by atoms with Gasteiger partial charge in [0, 0.05) is 10.9 Å². The second-order valence-electron chi connectivity index (χ2n) is 5.40. The van der Waals surface area contributed by atoms with Crippen molar-refractivity contribution in [3.63, 3.8) is 0 Å². The van der Waals surface area contributed by atoms with E-state index in [2.05, 4.69) is 12.2 Å². The average Bonchev–Trinajstić information content (AvgIpc) is 2.97. The Morgan fingerprint density at radius 1 is 1.45 bits per heavy atom. The summed E-state index contributed by atoms with van der Waals surface area (Å²) in [6.07, 6.45) is 4.32. The van der Waals surface area contributed by atoms with Crippen molar-refractivity contribution in [1.29, 1.82) is 0 Å². The van der Waals surface area contributed by atoms with Crippen LogP contribution in [0.15, 0.2) is 6.07 Å². The van der Waals surface area contributed by atoms with E-state index in [0.717, 1.165) is 25.7 Å². The van der Waals surface area contributed by atoms with Crippen LogP contribution in [0.25, 0.3) is 0 Å². The van der Waals surface area contributed by atoms with Gasteiger partial charge in [-0.05, 0) is 37.8 Å². The molecule has 0 bridgehead atoms. The summed E-state index contributed by atoms with van der Waals surface area (Å²) in [5.74, 6) is -1.37. The molecule has 1 fully saturated rings. The van der Waals surface area contributed by atoms with E-state index in [1.54, 1.807) is 0 Å². The van der Waals surface area contributed by atoms with Gasteiger partial charge in [-0.2, -0.15) is 0 Å². The third-order valence-electron chi connectivity index (χ3n) is 3.91. The Bertz CT molecular complexity index is 509. The van der Waals surface area contributed by atoms with Gasteiger partial charge in [0.2, 0.25) is 0 Å². The van der Waals surface area contributed by atoms with Crippen LogP contribution in [-0.4, -0.2) is 23.0 Å². The number of carboxylic acids is 1. The first-order valence-corrected chi connectivity index (χ1v) is 7.97. The molecule has 20 heavy (non-hydrogen) atoms. The molecule has 1 heterocycles. The molecule has 1 saturated carbocycles. The van der Waals surface area contributed by atoms with Gasteiger partial charge in [-0.15, -0.1) is 11.3 Å². The van der Waals surface area contributed by atoms with Crippen LogP contribution in [0, 0.1) is 12.8 Å². The number of thiophene rings is 1. The van der Waals surface area contributed by atoms with Gasteiger partial charge in [-0.1, -0.05) is 19.8 Å². The number of hydrogen-bond acceptors (Lipinski definition) is 3. The fraction of sp³-hybridized carbons (Fsp3) is 0.600. The summed E-state index contributed by atoms with van der Waals surface area (Å²) in [5, 5.41) is 12.0. The fourth-order valence-corrected chi connectivity index (χ4v) is 3.79. The number of amides is 1. The van der Waals surface area contributed by atoms with Gasteiger partial charge in [0.1, 0.15) is 0 Å². The largest absolute Gasteiger partial charge is 0.481 e. The topological polar surface area (TPSA) is 66.4 Å². The molecule has 1 aromatic heterocycles. The molecule has 0 radical (unpaired) electrons. The molecular formula is C15H21NO3S. The van der Waals surface area contributed by atoms with E-state index in [4.69, 9.17) is 5.11 Å². The Morgan fingerprint density at radius 2 is 2.20 bits per heavy atom. The van der Waals surface area contributed by atoms with Gasteiger partial charge in [0.15, 0.2) is 0 Å². The van der Waals surface area contributed by atoms with E-state index in [1.165, 1.54) is 21.8 Å². The lowest BCUT2D eigenvalue weighted by molar-refractivity contribution is -0.142. The number of hydrogen-bond donors (Lipinski definition) is 2. The van der Waals surface area contributed by atoms with E-state index < -0.39 is 11.9 Å². The van der Waals surface area contributed by atoms with Crippen molar-refractivity contribution >= 4 is 23.2 Å². The minimum Gasteiger partial charge on any atom is -0.481 e. The molecule has 0 aliphatic heterocycles. The van der Waals surface area contributed by atoms with Crippen LogP contribution in [0.2, 0.25) is 0 Å². The molecule has 0 spiro atoms. The number of carbonyl (C=O) groups excluding carboxylic acids is 1. The van der Waals surface area contributed by atoms with Crippen LogP contribution in [0.1, 0.15) is 52.7 Å². The highest BCUT2D eigenvalue weighted by molar-refractivity contribution is 7.14. The Balaban J connectivity index is 2.04. The zero-order chi connectivity index (χ0) is 14.7. The second-order valence-corrected chi connectivity index (χ2v) is 6.65. The maximum Gasteiger partial charge on any atom is 0.308 e. The lowest BCUT2D eigenvalue weighted by Crippen LogP contribution is -2.39. The predicted molar refractivity (Wildman–Crippen MR) is 79.3 cm³/mol. The van der Waals surface area contributed by atoms with Crippen LogP contribution in [-0.2, 0) is 11.2 Å². The van der Waals surface area contributed by atoms with Gasteiger partial charge in [-0.3, -0.25) is 9.59 Å². The third kappa shape index (κ3) is 3.20. The second kappa shape index (κ2) is 6.39. The lowest BCUT2D eigenvalue weighted by Gasteiger charge is -2.16. The summed E-state index contributed by atoms with van der Waals surface area (Å²) in [6, 6.07) is 1.72. The summed E-state index contributed by atoms with van der Waals surface area (Å²) in [6.45, 7) is 4.15. The van der Waals surface area contributed by atoms with E-state index >= 15 is 0 Å². The Morgan fingerprint density at radius 3 is 2.85 bits per heavy atom. The van der Waals surface area contributed by atoms with E-state index in [0.29, 0.717) is 11.3 Å². The first-order chi connectivity index (χ1) is 9.52. The van der Waals surface area contributed by atoms with Crippen molar-refractivity contribution in [2.24, 2.45) is 5.92 Å². The molecule has 1 aliphatic rings. The molecule has 0 saturated heterocycles. The minimum atomic E-state index is -0.804.